The summed E-state index contributed by atoms with van der Waals surface area (Å²) in [5, 5.41) is 5.25. The Morgan fingerprint density at radius 3 is 2.58 bits per heavy atom. The van der Waals surface area contributed by atoms with Gasteiger partial charge in [0, 0.05) is 39.3 Å². The molecule has 1 aliphatic heterocycles. The van der Waals surface area contributed by atoms with Gasteiger partial charge in [0.05, 0.1) is 5.69 Å². The fourth-order valence-electron chi connectivity index (χ4n) is 2.66. The zero-order valence-corrected chi connectivity index (χ0v) is 15.9. The summed E-state index contributed by atoms with van der Waals surface area (Å²) in [6.07, 6.45) is -0.296. The van der Waals surface area contributed by atoms with Gasteiger partial charge in [-0.25, -0.2) is 9.59 Å². The molecule has 0 saturated heterocycles. The molecule has 0 saturated carbocycles. The van der Waals surface area contributed by atoms with E-state index in [0.29, 0.717) is 18.8 Å². The topological polar surface area (TPSA) is 91.0 Å². The maximum Gasteiger partial charge on any atom is 0.412 e. The Kier molecular flexibility index (Phi) is 5.74. The molecule has 0 atom stereocenters. The lowest BCUT2D eigenvalue weighted by Crippen LogP contribution is -2.46. The molecular weight excluding hydrogens is 336 g/mol. The average molecular weight is 362 g/mol. The fraction of sp³-hybridized carbons (Fsp3) is 0.500. The number of rotatable bonds is 4. The van der Waals surface area contributed by atoms with Crippen molar-refractivity contribution >= 4 is 29.4 Å². The number of carbonyl (C=O) groups excluding carboxylic acids is 3. The number of nitrogens with zero attached hydrogens (tertiary/aromatic N) is 2. The maximum atomic E-state index is 12.4. The number of urea groups is 1. The van der Waals surface area contributed by atoms with Crippen LogP contribution in [0.5, 0.6) is 0 Å². The van der Waals surface area contributed by atoms with Gasteiger partial charge in [0.1, 0.15) is 5.60 Å². The first kappa shape index (κ1) is 19.6. The van der Waals surface area contributed by atoms with Crippen molar-refractivity contribution in [2.24, 2.45) is 0 Å². The lowest BCUT2D eigenvalue weighted by molar-refractivity contribution is -0.120. The van der Waals surface area contributed by atoms with Crippen LogP contribution >= 0.6 is 0 Å². The predicted molar refractivity (Wildman–Crippen MR) is 99.2 cm³/mol. The first-order valence-electron chi connectivity index (χ1n) is 8.47. The van der Waals surface area contributed by atoms with Gasteiger partial charge in [0.2, 0.25) is 5.91 Å². The molecule has 26 heavy (non-hydrogen) atoms. The third-order valence-electron chi connectivity index (χ3n) is 3.89. The Bertz CT molecular complexity index is 712. The van der Waals surface area contributed by atoms with Crippen molar-refractivity contribution in [3.05, 3.63) is 23.8 Å². The molecule has 0 unspecified atom stereocenters. The summed E-state index contributed by atoms with van der Waals surface area (Å²) in [6.45, 7) is 6.09. The minimum absolute atomic E-state index is 0.119. The summed E-state index contributed by atoms with van der Waals surface area (Å²) < 4.78 is 5.25. The van der Waals surface area contributed by atoms with Gasteiger partial charge < -0.3 is 15.0 Å². The summed E-state index contributed by atoms with van der Waals surface area (Å²) in [7, 11) is 3.25. The molecular formula is C18H26N4O4. The van der Waals surface area contributed by atoms with Crippen LogP contribution in [0.4, 0.5) is 21.0 Å². The smallest absolute Gasteiger partial charge is 0.412 e. The summed E-state index contributed by atoms with van der Waals surface area (Å²) in [5.74, 6) is -0.119. The molecule has 0 radical (unpaired) electrons. The van der Waals surface area contributed by atoms with E-state index in [1.807, 2.05) is 6.07 Å². The maximum absolute atomic E-state index is 12.4. The molecule has 2 rings (SSSR count). The molecule has 1 aromatic carbocycles. The third-order valence-corrected chi connectivity index (χ3v) is 3.89. The molecule has 1 heterocycles. The Labute approximate surface area is 153 Å². The van der Waals surface area contributed by atoms with Gasteiger partial charge in [0.25, 0.3) is 0 Å². The molecule has 0 aliphatic carbocycles. The van der Waals surface area contributed by atoms with Crippen molar-refractivity contribution in [1.82, 2.24) is 10.2 Å². The van der Waals surface area contributed by atoms with Gasteiger partial charge in [-0.2, -0.15) is 0 Å². The predicted octanol–water partition coefficient (Wildman–Crippen LogP) is 2.54. The van der Waals surface area contributed by atoms with Crippen LogP contribution < -0.4 is 15.5 Å². The third kappa shape index (κ3) is 4.87. The van der Waals surface area contributed by atoms with Crippen molar-refractivity contribution < 1.29 is 19.1 Å². The van der Waals surface area contributed by atoms with Gasteiger partial charge in [-0.3, -0.25) is 15.0 Å². The van der Waals surface area contributed by atoms with Crippen LogP contribution in [0, 0.1) is 0 Å². The van der Waals surface area contributed by atoms with E-state index in [1.54, 1.807) is 56.8 Å². The molecule has 1 aliphatic rings. The molecule has 0 aromatic heterocycles. The molecule has 0 bridgehead atoms. The second-order valence-electron chi connectivity index (χ2n) is 7.16. The highest BCUT2D eigenvalue weighted by Crippen LogP contribution is 2.30. The summed E-state index contributed by atoms with van der Waals surface area (Å²) in [6, 6.07) is 5.17. The van der Waals surface area contributed by atoms with Crippen molar-refractivity contribution in [1.29, 1.82) is 0 Å². The average Bonchev–Trinajstić information content (AvgIpc) is 2.54. The Hall–Kier alpha value is -2.77. The van der Waals surface area contributed by atoms with E-state index in [2.05, 4.69) is 10.6 Å². The van der Waals surface area contributed by atoms with E-state index in [1.165, 1.54) is 0 Å². The van der Waals surface area contributed by atoms with E-state index in [9.17, 15) is 14.4 Å². The van der Waals surface area contributed by atoms with Crippen LogP contribution in [0.15, 0.2) is 18.2 Å². The van der Waals surface area contributed by atoms with Crippen molar-refractivity contribution in [2.45, 2.75) is 39.3 Å². The second-order valence-corrected chi connectivity index (χ2v) is 7.16. The van der Waals surface area contributed by atoms with Gasteiger partial charge in [-0.15, -0.1) is 0 Å². The molecule has 142 valence electrons. The number of benzene rings is 1. The number of nitrogens with one attached hydrogen (secondary N) is 2. The van der Waals surface area contributed by atoms with Crippen LogP contribution in [0.25, 0.3) is 0 Å². The number of amides is 4. The van der Waals surface area contributed by atoms with Gasteiger partial charge in [-0.05, 0) is 44.5 Å². The molecule has 2 N–H and O–H groups in total. The highest BCUT2D eigenvalue weighted by atomic mass is 16.6. The van der Waals surface area contributed by atoms with E-state index in [-0.39, 0.29) is 18.4 Å². The molecule has 0 fully saturated rings. The lowest BCUT2D eigenvalue weighted by atomic mass is 10.1. The normalized spacial score (nSPS) is 14.0. The zero-order valence-electron chi connectivity index (χ0n) is 15.9. The molecule has 0 spiro atoms. The van der Waals surface area contributed by atoms with Crippen molar-refractivity contribution in [3.63, 3.8) is 0 Å². The van der Waals surface area contributed by atoms with Gasteiger partial charge in [-0.1, -0.05) is 0 Å². The number of ether oxygens (including phenoxy) is 1. The molecule has 8 nitrogen and oxygen atoms in total. The van der Waals surface area contributed by atoms with Crippen LogP contribution in [-0.2, 0) is 16.1 Å². The summed E-state index contributed by atoms with van der Waals surface area (Å²) in [4.78, 5) is 39.0. The minimum atomic E-state index is -0.582. The standard InChI is InChI=1S/C18H26N4O4/c1-18(2,3)26-16(24)20-13-6-7-14-12(10-13)11-22(17(25)21(14)5)9-8-15(23)19-4/h6-7,10H,8-9,11H2,1-5H3,(H,19,23)(H,20,24). The van der Waals surface area contributed by atoms with Crippen LogP contribution in [-0.4, -0.2) is 49.2 Å². The van der Waals surface area contributed by atoms with E-state index < -0.39 is 11.7 Å². The number of hydrogen-bond acceptors (Lipinski definition) is 4. The van der Waals surface area contributed by atoms with E-state index in [0.717, 1.165) is 11.3 Å². The highest BCUT2D eigenvalue weighted by molar-refractivity contribution is 5.95. The number of hydrogen-bond donors (Lipinski definition) is 2. The quantitative estimate of drug-likeness (QED) is 0.861. The fourth-order valence-corrected chi connectivity index (χ4v) is 2.66. The number of anilines is 2. The number of fused-ring (bicyclic) bond motifs is 1. The Morgan fingerprint density at radius 1 is 1.27 bits per heavy atom. The SMILES string of the molecule is CNC(=O)CCN1Cc2cc(NC(=O)OC(C)(C)C)ccc2N(C)C1=O. The summed E-state index contributed by atoms with van der Waals surface area (Å²) >= 11 is 0. The van der Waals surface area contributed by atoms with Crippen molar-refractivity contribution in [3.8, 4) is 0 Å². The monoisotopic (exact) mass is 362 g/mol. The largest absolute Gasteiger partial charge is 0.444 e. The first-order chi connectivity index (χ1) is 12.1. The van der Waals surface area contributed by atoms with Crippen LogP contribution in [0.2, 0.25) is 0 Å². The van der Waals surface area contributed by atoms with Gasteiger partial charge >= 0.3 is 12.1 Å². The summed E-state index contributed by atoms with van der Waals surface area (Å²) in [5.41, 5.74) is 1.67. The second kappa shape index (κ2) is 7.63. The zero-order chi connectivity index (χ0) is 19.5. The van der Waals surface area contributed by atoms with Crippen LogP contribution in [0.3, 0.4) is 0 Å². The van der Waals surface area contributed by atoms with Gasteiger partial charge in [0.15, 0.2) is 0 Å². The highest BCUT2D eigenvalue weighted by Gasteiger charge is 2.28. The Balaban J connectivity index is 2.13. The first-order valence-corrected chi connectivity index (χ1v) is 8.47. The molecule has 4 amide bonds. The van der Waals surface area contributed by atoms with Crippen LogP contribution in [0.1, 0.15) is 32.8 Å². The molecule has 1 aromatic rings. The van der Waals surface area contributed by atoms with E-state index in [4.69, 9.17) is 4.74 Å². The number of carbonyl (C=O) groups is 3. The van der Waals surface area contributed by atoms with E-state index >= 15 is 0 Å². The lowest BCUT2D eigenvalue weighted by Gasteiger charge is -2.35. The molecule has 8 heteroatoms. The minimum Gasteiger partial charge on any atom is -0.444 e. The van der Waals surface area contributed by atoms with Crippen molar-refractivity contribution in [2.75, 3.05) is 30.9 Å². The Morgan fingerprint density at radius 2 is 1.96 bits per heavy atom.